The Morgan fingerprint density at radius 2 is 1.64 bits per heavy atom. The summed E-state index contributed by atoms with van der Waals surface area (Å²) in [5.41, 5.74) is 0. The van der Waals surface area contributed by atoms with Gasteiger partial charge in [0.1, 0.15) is 12.1 Å². The number of unbranched alkanes of at least 4 members (excludes halogenated alkanes) is 4. The summed E-state index contributed by atoms with van der Waals surface area (Å²) in [6, 6.07) is -1.34. The highest BCUT2D eigenvalue weighted by Crippen LogP contribution is 2.05. The Morgan fingerprint density at radius 1 is 1.00 bits per heavy atom. The summed E-state index contributed by atoms with van der Waals surface area (Å²) in [7, 11) is 1.27. The summed E-state index contributed by atoms with van der Waals surface area (Å²) in [6.07, 6.45) is 6.27. The second-order valence-corrected chi connectivity index (χ2v) is 5.45. The van der Waals surface area contributed by atoms with Crippen LogP contribution in [0.15, 0.2) is 0 Å². The Hall–Kier alpha value is -1.59. The molecule has 0 aliphatic carbocycles. The minimum absolute atomic E-state index is 0.121. The molecule has 2 unspecified atom stereocenters. The van der Waals surface area contributed by atoms with Gasteiger partial charge in [0.15, 0.2) is 0 Å². The lowest BCUT2D eigenvalue weighted by Crippen LogP contribution is -2.50. The molecule has 128 valence electrons. The normalized spacial score (nSPS) is 13.1. The molecule has 2 N–H and O–H groups in total. The number of methoxy groups -OCH3 is 1. The maximum absolute atomic E-state index is 12.0. The van der Waals surface area contributed by atoms with Crippen LogP contribution in [0.2, 0.25) is 0 Å². The molecule has 0 aliphatic heterocycles. The van der Waals surface area contributed by atoms with Gasteiger partial charge >= 0.3 is 5.97 Å². The quantitative estimate of drug-likeness (QED) is 0.451. The predicted molar refractivity (Wildman–Crippen MR) is 85.2 cm³/mol. The van der Waals surface area contributed by atoms with E-state index in [4.69, 9.17) is 0 Å². The number of esters is 1. The van der Waals surface area contributed by atoms with Crippen molar-refractivity contribution in [1.82, 2.24) is 10.6 Å². The van der Waals surface area contributed by atoms with Crippen molar-refractivity contribution >= 4 is 17.8 Å². The Bertz CT molecular complexity index is 358. The van der Waals surface area contributed by atoms with Gasteiger partial charge in [0.05, 0.1) is 7.11 Å². The molecule has 0 aliphatic rings. The number of nitrogens with one attached hydrogen (secondary N) is 2. The lowest BCUT2D eigenvalue weighted by Gasteiger charge is -2.19. The zero-order chi connectivity index (χ0) is 17.0. The first kappa shape index (κ1) is 20.4. The van der Waals surface area contributed by atoms with Crippen molar-refractivity contribution in [2.24, 2.45) is 0 Å². The predicted octanol–water partition coefficient (Wildman–Crippen LogP) is 1.92. The number of rotatable bonds is 11. The van der Waals surface area contributed by atoms with Crippen LogP contribution < -0.4 is 10.6 Å². The van der Waals surface area contributed by atoms with E-state index in [9.17, 15) is 14.4 Å². The molecule has 0 saturated heterocycles. The number of carbonyl (C=O) groups is 3. The largest absolute Gasteiger partial charge is 0.467 e. The summed E-state index contributed by atoms with van der Waals surface area (Å²) < 4.78 is 4.55. The molecule has 0 aromatic carbocycles. The zero-order valence-electron chi connectivity index (χ0n) is 14.2. The Labute approximate surface area is 133 Å². The maximum atomic E-state index is 12.0. The Morgan fingerprint density at radius 3 is 2.18 bits per heavy atom. The molecule has 6 nitrogen and oxygen atoms in total. The van der Waals surface area contributed by atoms with Gasteiger partial charge in [-0.2, -0.15) is 0 Å². The third-order valence-corrected chi connectivity index (χ3v) is 3.48. The molecule has 0 aromatic rings. The van der Waals surface area contributed by atoms with Crippen molar-refractivity contribution in [2.75, 3.05) is 7.11 Å². The molecule has 0 spiro atoms. The van der Waals surface area contributed by atoms with Crippen molar-refractivity contribution in [2.45, 2.75) is 77.8 Å². The van der Waals surface area contributed by atoms with Crippen molar-refractivity contribution in [3.63, 3.8) is 0 Å². The summed E-state index contributed by atoms with van der Waals surface area (Å²) in [5, 5.41) is 5.26. The highest BCUT2D eigenvalue weighted by atomic mass is 16.5. The molecule has 0 rings (SSSR count). The van der Waals surface area contributed by atoms with Gasteiger partial charge in [-0.05, 0) is 19.8 Å². The Balaban J connectivity index is 4.15. The molecular weight excluding hydrogens is 284 g/mol. The van der Waals surface area contributed by atoms with Crippen molar-refractivity contribution in [3.05, 3.63) is 0 Å². The molecule has 0 saturated carbocycles. The number of carbonyl (C=O) groups excluding carboxylic acids is 3. The van der Waals surface area contributed by atoms with Gasteiger partial charge in [-0.3, -0.25) is 9.59 Å². The van der Waals surface area contributed by atoms with Gasteiger partial charge in [-0.15, -0.1) is 0 Å². The standard InChI is InChI=1S/C16H30N2O4/c1-5-7-8-9-10-11-14(19)18-13(6-2)15(20)17-12(3)16(21)22-4/h12-13H,5-11H2,1-4H3,(H,17,20)(H,18,19). The highest BCUT2D eigenvalue weighted by molar-refractivity contribution is 5.90. The maximum Gasteiger partial charge on any atom is 0.328 e. The van der Waals surface area contributed by atoms with Crippen molar-refractivity contribution in [3.8, 4) is 0 Å². The number of amides is 2. The molecule has 0 fully saturated rings. The van der Waals surface area contributed by atoms with Crippen molar-refractivity contribution < 1.29 is 19.1 Å². The third kappa shape index (κ3) is 8.64. The summed E-state index contributed by atoms with van der Waals surface area (Å²) in [5.74, 6) is -0.991. The van der Waals surface area contributed by atoms with E-state index >= 15 is 0 Å². The first-order valence-corrected chi connectivity index (χ1v) is 8.13. The second-order valence-electron chi connectivity index (χ2n) is 5.45. The SMILES string of the molecule is CCCCCCCC(=O)NC(CC)C(=O)NC(C)C(=O)OC. The molecule has 0 aromatic heterocycles. The van der Waals surface area contributed by atoms with E-state index in [1.165, 1.54) is 20.0 Å². The number of hydrogen-bond acceptors (Lipinski definition) is 4. The summed E-state index contributed by atoms with van der Waals surface area (Å²) in [4.78, 5) is 35.1. The fourth-order valence-electron chi connectivity index (χ4n) is 2.06. The van der Waals surface area contributed by atoms with Crippen LogP contribution in [-0.4, -0.2) is 37.0 Å². The van der Waals surface area contributed by atoms with Crippen LogP contribution in [0.25, 0.3) is 0 Å². The Kier molecular flexibility index (Phi) is 11.1. The van der Waals surface area contributed by atoms with E-state index in [0.29, 0.717) is 12.8 Å². The molecule has 2 atom stereocenters. The smallest absolute Gasteiger partial charge is 0.328 e. The van der Waals surface area contributed by atoms with E-state index < -0.39 is 18.1 Å². The van der Waals surface area contributed by atoms with E-state index in [2.05, 4.69) is 22.3 Å². The summed E-state index contributed by atoms with van der Waals surface area (Å²) >= 11 is 0. The first-order chi connectivity index (χ1) is 10.5. The molecule has 0 heterocycles. The average molecular weight is 314 g/mol. The van der Waals surface area contributed by atoms with E-state index in [0.717, 1.165) is 19.3 Å². The average Bonchev–Trinajstić information content (AvgIpc) is 2.51. The zero-order valence-corrected chi connectivity index (χ0v) is 14.2. The van der Waals surface area contributed by atoms with Gasteiger partial charge in [0, 0.05) is 6.42 Å². The molecule has 0 bridgehead atoms. The monoisotopic (exact) mass is 314 g/mol. The second kappa shape index (κ2) is 12.0. The van der Waals surface area contributed by atoms with Gasteiger partial charge in [0.2, 0.25) is 11.8 Å². The minimum atomic E-state index is -0.725. The lowest BCUT2D eigenvalue weighted by molar-refractivity contribution is -0.144. The molecule has 22 heavy (non-hydrogen) atoms. The fraction of sp³-hybridized carbons (Fsp3) is 0.812. The van der Waals surface area contributed by atoms with Crippen LogP contribution in [-0.2, 0) is 19.1 Å². The number of hydrogen-bond donors (Lipinski definition) is 2. The van der Waals surface area contributed by atoms with E-state index in [1.807, 2.05) is 6.92 Å². The number of ether oxygens (including phenoxy) is 1. The molecule has 0 radical (unpaired) electrons. The molecule has 2 amide bonds. The fourth-order valence-corrected chi connectivity index (χ4v) is 2.06. The lowest BCUT2D eigenvalue weighted by atomic mass is 10.1. The topological polar surface area (TPSA) is 84.5 Å². The highest BCUT2D eigenvalue weighted by Gasteiger charge is 2.23. The van der Waals surface area contributed by atoms with E-state index in [-0.39, 0.29) is 11.8 Å². The van der Waals surface area contributed by atoms with Crippen LogP contribution in [0, 0.1) is 0 Å². The van der Waals surface area contributed by atoms with Gasteiger partial charge < -0.3 is 15.4 Å². The van der Waals surface area contributed by atoms with E-state index in [1.54, 1.807) is 6.92 Å². The third-order valence-electron chi connectivity index (χ3n) is 3.48. The summed E-state index contributed by atoms with van der Waals surface area (Å²) in [6.45, 7) is 5.51. The molecular formula is C16H30N2O4. The van der Waals surface area contributed by atoms with Gasteiger partial charge in [-0.25, -0.2) is 4.79 Å². The minimum Gasteiger partial charge on any atom is -0.467 e. The van der Waals surface area contributed by atoms with Gasteiger partial charge in [-0.1, -0.05) is 39.5 Å². The van der Waals surface area contributed by atoms with Gasteiger partial charge in [0.25, 0.3) is 0 Å². The molecule has 6 heteroatoms. The van der Waals surface area contributed by atoms with Crippen LogP contribution in [0.4, 0.5) is 0 Å². The van der Waals surface area contributed by atoms with Crippen molar-refractivity contribution in [1.29, 1.82) is 0 Å². The first-order valence-electron chi connectivity index (χ1n) is 8.13. The van der Waals surface area contributed by atoms with Crippen LogP contribution in [0.1, 0.15) is 65.7 Å². The van der Waals surface area contributed by atoms with Crippen LogP contribution >= 0.6 is 0 Å². The van der Waals surface area contributed by atoms with Crippen LogP contribution in [0.3, 0.4) is 0 Å². The van der Waals surface area contributed by atoms with Crippen LogP contribution in [0.5, 0.6) is 0 Å².